The summed E-state index contributed by atoms with van der Waals surface area (Å²) in [6, 6.07) is 3.14. The van der Waals surface area contributed by atoms with E-state index in [1.54, 1.807) is 0 Å². The van der Waals surface area contributed by atoms with Crippen molar-refractivity contribution in [1.82, 2.24) is 0 Å². The lowest BCUT2D eigenvalue weighted by atomic mass is 9.91. The predicted molar refractivity (Wildman–Crippen MR) is 344 cm³/mol. The summed E-state index contributed by atoms with van der Waals surface area (Å²) in [6.07, 6.45) is -25.9. The number of carbonyl (C=O) groups is 8. The van der Waals surface area contributed by atoms with Crippen molar-refractivity contribution < 1.29 is 218 Å². The fourth-order valence-corrected chi connectivity index (χ4v) is 12.6. The number of benzene rings is 8. The van der Waals surface area contributed by atoms with E-state index in [-0.39, 0.29) is 18.2 Å². The fourth-order valence-electron chi connectivity index (χ4n) is 12.6. The van der Waals surface area contributed by atoms with E-state index in [9.17, 15) is 161 Å². The van der Waals surface area contributed by atoms with E-state index in [0.717, 1.165) is 0 Å². The zero-order valence-electron chi connectivity index (χ0n) is 54.8. The highest BCUT2D eigenvalue weighted by molar-refractivity contribution is 6.12. The Morgan fingerprint density at radius 3 is 1.03 bits per heavy atom. The highest BCUT2D eigenvalue weighted by Gasteiger charge is 2.56. The molecule has 0 radical (unpaired) electrons. The van der Waals surface area contributed by atoms with E-state index in [1.165, 1.54) is 0 Å². The molecule has 0 saturated carbocycles. The number of fused-ring (bicyclic) bond motifs is 13. The number of hydrogen-bond donors (Lipinski definition) is 25. The number of phenolic OH excluding ortho intramolecular Hbond substituents is 23. The molecular weight excluding hydrogens is 1520 g/mol. The molecule has 44 nitrogen and oxygen atoms in total. The third-order valence-corrected chi connectivity index (χ3v) is 18.0. The average molecular weight is 1570 g/mol. The van der Waals surface area contributed by atoms with Gasteiger partial charge in [-0.15, -0.1) is 0 Å². The quantitative estimate of drug-likeness (QED) is 0.0640. The number of aromatic hydroxyl groups is 23. The summed E-state index contributed by atoms with van der Waals surface area (Å²) >= 11 is 0. The third-order valence-electron chi connectivity index (χ3n) is 18.0. The first-order valence-corrected chi connectivity index (χ1v) is 31.2. The van der Waals surface area contributed by atoms with Gasteiger partial charge in [-0.25, -0.2) is 38.4 Å². The van der Waals surface area contributed by atoms with Crippen LogP contribution in [0, 0.1) is 0 Å². The minimum atomic E-state index is -2.84. The first-order valence-electron chi connectivity index (χ1n) is 31.2. The minimum Gasteiger partial charge on any atom is -0.504 e. The molecule has 0 unspecified atom stereocenters. The first kappa shape index (κ1) is 74.8. The predicted octanol–water partition coefficient (Wildman–Crippen LogP) is 1.75. The van der Waals surface area contributed by atoms with Crippen LogP contribution in [0.4, 0.5) is 0 Å². The molecular formula is C68H48O44. The standard InChI is InChI=1S/C68H48O44/c69-20-1-12(2-21(70)38(20)77)59(92)109-55-53-29(10-102-60(93)13-3-22(71)39(78)46(85)31(13)33-15(62(95)107-53)5-24(73)41(80)48(33)87)105-67(100)57(55)112-66(99)19-9-28(45(84)52(91)37(19)76)104-27-8-18-36(51(90)44(27)83)35-17(7-26(75)43(82)50(35)89)64(97)110-56-54-30(106-68(101)58(56)111-65(18)98)11-103-61(94)14-4-23(72)40(79)47(86)32(14)34-16(63(96)108-54)6-25(74)42(81)49(34)88/h1-9,29-30,53-58,67-91,100-101H,10-11H2/t29-,30-,53-,54-,55+,56+,57-,58-,67+,68+/m1/s1. The number of aliphatic hydroxyl groups is 2. The van der Waals surface area contributed by atoms with Crippen LogP contribution in [0.2, 0.25) is 0 Å². The van der Waals surface area contributed by atoms with Gasteiger partial charge in [0.05, 0.1) is 38.9 Å². The number of carbonyl (C=O) groups excluding carboxylic acids is 8. The molecule has 112 heavy (non-hydrogen) atoms. The van der Waals surface area contributed by atoms with Gasteiger partial charge in [0.25, 0.3) is 0 Å². The van der Waals surface area contributed by atoms with Gasteiger partial charge in [-0.1, -0.05) is 0 Å². The molecule has 2 saturated heterocycles. The summed E-state index contributed by atoms with van der Waals surface area (Å²) in [7, 11) is 0. The largest absolute Gasteiger partial charge is 0.504 e. The molecule has 5 aliphatic rings. The molecule has 10 atom stereocenters. The van der Waals surface area contributed by atoms with Crippen molar-refractivity contribution in [3.63, 3.8) is 0 Å². The Labute approximate surface area is 614 Å². The monoisotopic (exact) mass is 1570 g/mol. The van der Waals surface area contributed by atoms with Crippen LogP contribution in [-0.2, 0) is 47.4 Å². The molecule has 8 aromatic carbocycles. The summed E-state index contributed by atoms with van der Waals surface area (Å²) < 4.78 is 60.9. The van der Waals surface area contributed by atoms with Crippen molar-refractivity contribution in [2.75, 3.05) is 13.2 Å². The van der Waals surface area contributed by atoms with Crippen LogP contribution in [0.15, 0.2) is 54.6 Å². The first-order chi connectivity index (χ1) is 52.7. The van der Waals surface area contributed by atoms with Crippen LogP contribution in [0.3, 0.4) is 0 Å². The maximum Gasteiger partial charge on any atom is 0.342 e. The molecule has 5 aliphatic heterocycles. The van der Waals surface area contributed by atoms with Crippen molar-refractivity contribution in [2.45, 2.75) is 61.4 Å². The molecule has 0 aromatic heterocycles. The Bertz CT molecular complexity index is 5480. The van der Waals surface area contributed by atoms with Crippen LogP contribution in [0.1, 0.15) is 82.9 Å². The zero-order valence-corrected chi connectivity index (χ0v) is 54.8. The lowest BCUT2D eigenvalue weighted by molar-refractivity contribution is -0.284. The number of cyclic esters (lactones) is 2. The van der Waals surface area contributed by atoms with E-state index in [4.69, 9.17) is 52.1 Å². The maximum absolute atomic E-state index is 15.0. The zero-order chi connectivity index (χ0) is 81.5. The van der Waals surface area contributed by atoms with Gasteiger partial charge < -0.3 is 180 Å². The van der Waals surface area contributed by atoms with E-state index >= 15 is 4.79 Å². The normalized spacial score (nSPS) is 21.3. The Balaban J connectivity index is 0.884. The van der Waals surface area contributed by atoms with Gasteiger partial charge >= 0.3 is 47.8 Å². The Morgan fingerprint density at radius 2 is 0.607 bits per heavy atom. The van der Waals surface area contributed by atoms with Gasteiger partial charge in [0, 0.05) is 45.5 Å². The van der Waals surface area contributed by atoms with Crippen LogP contribution in [-0.4, -0.2) is 250 Å². The van der Waals surface area contributed by atoms with Gasteiger partial charge in [-0.2, -0.15) is 0 Å². The third kappa shape index (κ3) is 12.0. The molecule has 13 rings (SSSR count). The molecule has 25 N–H and O–H groups in total. The summed E-state index contributed by atoms with van der Waals surface area (Å²) in [6.45, 7) is -2.65. The van der Waals surface area contributed by atoms with Crippen molar-refractivity contribution in [3.8, 4) is 177 Å². The second-order valence-electron chi connectivity index (χ2n) is 24.6. The van der Waals surface area contributed by atoms with Crippen LogP contribution >= 0.6 is 0 Å². The molecule has 44 heteroatoms. The Kier molecular flexibility index (Phi) is 18.1. The van der Waals surface area contributed by atoms with Crippen LogP contribution < -0.4 is 4.74 Å². The van der Waals surface area contributed by atoms with Crippen molar-refractivity contribution in [2.24, 2.45) is 0 Å². The Hall–Kier alpha value is -15.4. The van der Waals surface area contributed by atoms with Crippen molar-refractivity contribution in [1.29, 1.82) is 0 Å². The van der Waals surface area contributed by atoms with Gasteiger partial charge in [-0.3, -0.25) is 0 Å². The van der Waals surface area contributed by atoms with E-state index in [2.05, 4.69) is 0 Å². The Morgan fingerprint density at radius 1 is 0.295 bits per heavy atom. The molecule has 0 amide bonds. The van der Waals surface area contributed by atoms with Crippen LogP contribution in [0.25, 0.3) is 33.4 Å². The minimum absolute atomic E-state index is 0.184. The topological polar surface area (TPSA) is 744 Å². The highest BCUT2D eigenvalue weighted by Crippen LogP contribution is 2.59. The van der Waals surface area contributed by atoms with Gasteiger partial charge in [-0.05, 0) is 42.5 Å². The van der Waals surface area contributed by atoms with Gasteiger partial charge in [0.2, 0.25) is 46.0 Å². The van der Waals surface area contributed by atoms with Gasteiger partial charge in [0.15, 0.2) is 147 Å². The van der Waals surface area contributed by atoms with Gasteiger partial charge in [0.1, 0.15) is 31.0 Å². The fraction of sp³-hybridized carbons (Fsp3) is 0.176. The van der Waals surface area contributed by atoms with E-state index in [0.29, 0.717) is 36.4 Å². The van der Waals surface area contributed by atoms with E-state index < -0.39 is 344 Å². The molecule has 584 valence electrons. The number of esters is 8. The lowest BCUT2D eigenvalue weighted by Gasteiger charge is -2.43. The molecule has 2 fully saturated rings. The lowest BCUT2D eigenvalue weighted by Crippen LogP contribution is -2.62. The maximum atomic E-state index is 15.0. The summed E-state index contributed by atoms with van der Waals surface area (Å²) in [4.78, 5) is 116. The van der Waals surface area contributed by atoms with Crippen LogP contribution in [0.5, 0.6) is 144 Å². The summed E-state index contributed by atoms with van der Waals surface area (Å²) in [5.74, 6) is -52.0. The second-order valence-corrected chi connectivity index (χ2v) is 24.6. The smallest absolute Gasteiger partial charge is 0.342 e. The molecule has 8 aromatic rings. The number of aliphatic hydroxyl groups excluding tert-OH is 2. The molecule has 5 heterocycles. The number of hydrogen-bond acceptors (Lipinski definition) is 44. The summed E-state index contributed by atoms with van der Waals surface area (Å²) in [5.41, 5.74) is -16.8. The SMILES string of the molecule is O=C(O[C@@H]1[C@@H](OC(=O)c2cc(Oc3cc4c(c(O)c3O)-c3c(cc(O)c(O)c3O)C(=O)O[C@@H]3[C@@H](OC4=O)[C@@H](O)O[C@@H]4COC(=O)c5cc(O)c(O)c(O)c5-c5c(cc(O)c(O)c5O)C(=O)O[C@@H]34)c(O)c(O)c2O)[C@@H](O)O[C@@H]2COC(=O)c3cc(O)c(O)c(O)c3-c3c(cc(O)c(O)c3O)C(=O)O[C@@H]12)c1cc(O)c(O)c(O)c1. The highest BCUT2D eigenvalue weighted by atomic mass is 16.7. The second kappa shape index (κ2) is 27.1. The number of rotatable bonds is 6. The van der Waals surface area contributed by atoms with E-state index in [1.807, 2.05) is 0 Å². The van der Waals surface area contributed by atoms with Crippen molar-refractivity contribution in [3.05, 3.63) is 99.1 Å². The molecule has 0 aliphatic carbocycles. The molecule has 0 bridgehead atoms. The summed E-state index contributed by atoms with van der Waals surface area (Å²) in [5, 5.41) is 275. The number of phenols is 23. The average Bonchev–Trinajstić information content (AvgIpc) is 0.977. The molecule has 0 spiro atoms. The number of ether oxygens (including phenoxy) is 11. The van der Waals surface area contributed by atoms with Crippen molar-refractivity contribution >= 4 is 47.8 Å².